The van der Waals surface area contributed by atoms with Gasteiger partial charge in [-0.05, 0) is 43.2 Å². The summed E-state index contributed by atoms with van der Waals surface area (Å²) in [7, 11) is 0. The first-order valence-electron chi connectivity index (χ1n) is 9.66. The number of hydrogen-bond donors (Lipinski definition) is 0. The minimum Gasteiger partial charge on any atom is -0.486 e. The molecule has 10 nitrogen and oxygen atoms in total. The van der Waals surface area contributed by atoms with Crippen LogP contribution < -0.4 is 9.47 Å². The Morgan fingerprint density at radius 2 is 1.87 bits per heavy atom. The maximum atomic E-state index is 12.2. The van der Waals surface area contributed by atoms with Crippen molar-refractivity contribution in [3.05, 3.63) is 64.0 Å². The van der Waals surface area contributed by atoms with Crippen molar-refractivity contribution in [2.24, 2.45) is 0 Å². The third kappa shape index (κ3) is 4.80. The fourth-order valence-electron chi connectivity index (χ4n) is 3.04. The van der Waals surface area contributed by atoms with Gasteiger partial charge in [-0.2, -0.15) is 0 Å². The van der Waals surface area contributed by atoms with Gasteiger partial charge in [0.15, 0.2) is 17.6 Å². The van der Waals surface area contributed by atoms with E-state index in [1.807, 2.05) is 18.2 Å². The second-order valence-electron chi connectivity index (χ2n) is 6.86. The van der Waals surface area contributed by atoms with E-state index in [9.17, 15) is 14.9 Å². The van der Waals surface area contributed by atoms with E-state index in [4.69, 9.17) is 18.6 Å². The van der Waals surface area contributed by atoms with E-state index in [1.54, 1.807) is 6.92 Å². The molecule has 1 aliphatic heterocycles. The van der Waals surface area contributed by atoms with Crippen LogP contribution in [-0.2, 0) is 16.0 Å². The highest BCUT2D eigenvalue weighted by molar-refractivity contribution is 5.70. The molecule has 0 bridgehead atoms. The van der Waals surface area contributed by atoms with Crippen molar-refractivity contribution >= 4 is 11.7 Å². The SMILES string of the molecule is C[C@@H](OC(=O)CCc1ccc2c(c1)OCCO2)c1nnc(-c2ccc([N+](=O)[O-])cc2)o1. The van der Waals surface area contributed by atoms with Crippen molar-refractivity contribution in [3.8, 4) is 23.0 Å². The van der Waals surface area contributed by atoms with Gasteiger partial charge in [-0.1, -0.05) is 6.07 Å². The van der Waals surface area contributed by atoms with Gasteiger partial charge < -0.3 is 18.6 Å². The zero-order chi connectivity index (χ0) is 21.8. The number of ether oxygens (including phenoxy) is 3. The van der Waals surface area contributed by atoms with E-state index in [0.29, 0.717) is 36.7 Å². The molecule has 160 valence electrons. The van der Waals surface area contributed by atoms with Gasteiger partial charge in [-0.3, -0.25) is 14.9 Å². The highest BCUT2D eigenvalue weighted by Crippen LogP contribution is 2.31. The molecule has 4 rings (SSSR count). The molecule has 0 saturated heterocycles. The molecule has 3 aromatic rings. The fourth-order valence-corrected chi connectivity index (χ4v) is 3.04. The summed E-state index contributed by atoms with van der Waals surface area (Å²) >= 11 is 0. The van der Waals surface area contributed by atoms with Gasteiger partial charge in [0, 0.05) is 24.1 Å². The van der Waals surface area contributed by atoms with Gasteiger partial charge in [0.25, 0.3) is 11.6 Å². The van der Waals surface area contributed by atoms with E-state index in [0.717, 1.165) is 5.56 Å². The largest absolute Gasteiger partial charge is 0.486 e. The predicted molar refractivity (Wildman–Crippen MR) is 107 cm³/mol. The maximum absolute atomic E-state index is 12.2. The predicted octanol–water partition coefficient (Wildman–Crippen LogP) is 3.65. The van der Waals surface area contributed by atoms with E-state index in [2.05, 4.69) is 10.2 Å². The molecule has 1 atom stereocenters. The molecular weight excluding hydrogens is 406 g/mol. The standard InChI is InChI=1S/C21H19N3O7/c1-13(20-22-23-21(31-20)15-4-6-16(7-5-15)24(26)27)30-19(25)9-3-14-2-8-17-18(12-14)29-11-10-28-17/h2,4-8,12-13H,3,9-11H2,1H3/t13-/m1/s1. The lowest BCUT2D eigenvalue weighted by atomic mass is 10.1. The lowest BCUT2D eigenvalue weighted by molar-refractivity contribution is -0.384. The number of fused-ring (bicyclic) bond motifs is 1. The number of benzene rings is 2. The van der Waals surface area contributed by atoms with Crippen LogP contribution in [0.25, 0.3) is 11.5 Å². The van der Waals surface area contributed by atoms with Gasteiger partial charge >= 0.3 is 5.97 Å². The highest BCUT2D eigenvalue weighted by atomic mass is 16.6. The van der Waals surface area contributed by atoms with Crippen LogP contribution >= 0.6 is 0 Å². The molecule has 1 aliphatic rings. The summed E-state index contributed by atoms with van der Waals surface area (Å²) in [5.74, 6) is 1.30. The van der Waals surface area contributed by atoms with Crippen LogP contribution in [0.3, 0.4) is 0 Å². The molecule has 1 aromatic heterocycles. The average Bonchev–Trinajstić information content (AvgIpc) is 3.28. The number of aromatic nitrogens is 2. The van der Waals surface area contributed by atoms with Crippen LogP contribution in [0.1, 0.15) is 30.9 Å². The number of nitro groups is 1. The van der Waals surface area contributed by atoms with E-state index < -0.39 is 17.0 Å². The zero-order valence-electron chi connectivity index (χ0n) is 16.6. The summed E-state index contributed by atoms with van der Waals surface area (Å²) in [6.07, 6.45) is -0.0694. The Hall–Kier alpha value is -3.95. The highest BCUT2D eigenvalue weighted by Gasteiger charge is 2.20. The molecule has 2 heterocycles. The monoisotopic (exact) mass is 425 g/mol. The number of aryl methyl sites for hydroxylation is 1. The maximum Gasteiger partial charge on any atom is 0.306 e. The summed E-state index contributed by atoms with van der Waals surface area (Å²) in [5, 5.41) is 18.6. The van der Waals surface area contributed by atoms with Gasteiger partial charge in [0.1, 0.15) is 13.2 Å². The van der Waals surface area contributed by atoms with Gasteiger partial charge in [-0.25, -0.2) is 0 Å². The number of esters is 1. The number of nitro benzene ring substituents is 1. The minimum atomic E-state index is -0.730. The quantitative estimate of drug-likeness (QED) is 0.316. The summed E-state index contributed by atoms with van der Waals surface area (Å²) in [4.78, 5) is 22.5. The lowest BCUT2D eigenvalue weighted by Gasteiger charge is -2.18. The third-order valence-electron chi connectivity index (χ3n) is 4.65. The third-order valence-corrected chi connectivity index (χ3v) is 4.65. The Morgan fingerprint density at radius 3 is 2.61 bits per heavy atom. The van der Waals surface area contributed by atoms with Gasteiger partial charge in [0.2, 0.25) is 5.89 Å². The molecule has 0 N–H and O–H groups in total. The molecule has 10 heteroatoms. The van der Waals surface area contributed by atoms with Gasteiger partial charge in [0.05, 0.1) is 4.92 Å². The van der Waals surface area contributed by atoms with E-state index in [1.165, 1.54) is 24.3 Å². The van der Waals surface area contributed by atoms with E-state index >= 15 is 0 Å². The number of rotatable bonds is 7. The second kappa shape index (κ2) is 8.82. The van der Waals surface area contributed by atoms with Crippen molar-refractivity contribution in [1.29, 1.82) is 0 Å². The summed E-state index contributed by atoms with van der Waals surface area (Å²) in [6, 6.07) is 11.3. The normalized spacial score (nSPS) is 13.5. The van der Waals surface area contributed by atoms with Crippen LogP contribution in [0.2, 0.25) is 0 Å². The van der Waals surface area contributed by atoms with Crippen molar-refractivity contribution in [2.45, 2.75) is 25.9 Å². The molecule has 0 unspecified atom stereocenters. The van der Waals surface area contributed by atoms with Crippen LogP contribution in [0.4, 0.5) is 5.69 Å². The Balaban J connectivity index is 1.32. The molecule has 2 aromatic carbocycles. The number of non-ortho nitro benzene ring substituents is 1. The first kappa shape index (κ1) is 20.3. The number of hydrogen-bond acceptors (Lipinski definition) is 9. The molecule has 0 radical (unpaired) electrons. The number of nitrogens with zero attached hydrogens (tertiary/aromatic N) is 3. The Labute approximate surface area is 176 Å². The number of carbonyl (C=O) groups excluding carboxylic acids is 1. The molecule has 0 amide bonds. The molecular formula is C21H19N3O7. The molecule has 0 spiro atoms. The van der Waals surface area contributed by atoms with Crippen molar-refractivity contribution in [2.75, 3.05) is 13.2 Å². The Morgan fingerprint density at radius 1 is 1.13 bits per heavy atom. The fraction of sp³-hybridized carbons (Fsp3) is 0.286. The smallest absolute Gasteiger partial charge is 0.306 e. The van der Waals surface area contributed by atoms with Crippen LogP contribution in [0.5, 0.6) is 11.5 Å². The molecule has 0 aliphatic carbocycles. The first-order chi connectivity index (χ1) is 15.0. The first-order valence-corrected chi connectivity index (χ1v) is 9.66. The lowest BCUT2D eigenvalue weighted by Crippen LogP contribution is -2.15. The summed E-state index contributed by atoms with van der Waals surface area (Å²) < 4.78 is 22.0. The van der Waals surface area contributed by atoms with Crippen LogP contribution in [0.15, 0.2) is 46.9 Å². The molecule has 0 saturated carbocycles. The zero-order valence-corrected chi connectivity index (χ0v) is 16.6. The topological polar surface area (TPSA) is 127 Å². The van der Waals surface area contributed by atoms with Crippen molar-refractivity contribution in [3.63, 3.8) is 0 Å². The molecule has 0 fully saturated rings. The van der Waals surface area contributed by atoms with Crippen molar-refractivity contribution in [1.82, 2.24) is 10.2 Å². The number of carbonyl (C=O) groups is 1. The van der Waals surface area contributed by atoms with Crippen LogP contribution in [-0.4, -0.2) is 34.3 Å². The Kier molecular flexibility index (Phi) is 5.78. The summed E-state index contributed by atoms with van der Waals surface area (Å²) in [6.45, 7) is 2.66. The molecule has 31 heavy (non-hydrogen) atoms. The average molecular weight is 425 g/mol. The minimum absolute atomic E-state index is 0.0381. The van der Waals surface area contributed by atoms with Crippen molar-refractivity contribution < 1.29 is 28.3 Å². The summed E-state index contributed by atoms with van der Waals surface area (Å²) in [5.41, 5.74) is 1.43. The van der Waals surface area contributed by atoms with E-state index in [-0.39, 0.29) is 23.9 Å². The second-order valence-corrected chi connectivity index (χ2v) is 6.86. The Bertz CT molecular complexity index is 1090. The van der Waals surface area contributed by atoms with Gasteiger partial charge in [-0.15, -0.1) is 10.2 Å². The van der Waals surface area contributed by atoms with Crippen LogP contribution in [0, 0.1) is 10.1 Å².